The molecule has 6 heteroatoms. The third-order valence-corrected chi connectivity index (χ3v) is 4.49. The Morgan fingerprint density at radius 3 is 3.04 bits per heavy atom. The summed E-state index contributed by atoms with van der Waals surface area (Å²) in [5.41, 5.74) is 1.90. The maximum Gasteiger partial charge on any atom is 0.228 e. The van der Waals surface area contributed by atoms with Gasteiger partial charge in [0.25, 0.3) is 0 Å². The van der Waals surface area contributed by atoms with Crippen molar-refractivity contribution in [2.24, 2.45) is 7.05 Å². The number of aryl methyl sites for hydroxylation is 1. The molecule has 1 aliphatic heterocycles. The molecule has 0 saturated carbocycles. The second kappa shape index (κ2) is 8.07. The average Bonchev–Trinajstić information content (AvgIpc) is 3.20. The molecule has 1 amide bonds. The lowest BCUT2D eigenvalue weighted by Gasteiger charge is -2.28. The van der Waals surface area contributed by atoms with Crippen LogP contribution in [-0.2, 0) is 29.4 Å². The van der Waals surface area contributed by atoms with Gasteiger partial charge in [-0.1, -0.05) is 12.1 Å². The number of amides is 1. The molecule has 1 aliphatic rings. The Balaban J connectivity index is 1.73. The van der Waals surface area contributed by atoms with Crippen molar-refractivity contribution in [1.82, 2.24) is 19.7 Å². The summed E-state index contributed by atoms with van der Waals surface area (Å²) in [4.78, 5) is 19.0. The van der Waals surface area contributed by atoms with Crippen LogP contribution in [0.4, 0.5) is 0 Å². The zero-order valence-electron chi connectivity index (χ0n) is 14.5. The van der Waals surface area contributed by atoms with Crippen LogP contribution in [0.1, 0.15) is 17.7 Å². The molecule has 25 heavy (non-hydrogen) atoms. The third-order valence-electron chi connectivity index (χ3n) is 4.49. The van der Waals surface area contributed by atoms with Crippen molar-refractivity contribution >= 4 is 5.91 Å². The van der Waals surface area contributed by atoms with E-state index in [4.69, 9.17) is 4.74 Å². The topological polar surface area (TPSA) is 60.2 Å². The summed E-state index contributed by atoms with van der Waals surface area (Å²) >= 11 is 0. The molecule has 3 rings (SSSR count). The molecule has 6 nitrogen and oxygen atoms in total. The minimum atomic E-state index is 0.0142. The zero-order chi connectivity index (χ0) is 17.6. The number of carbonyl (C=O) groups excluding carboxylic acids is 1. The highest BCUT2D eigenvalue weighted by atomic mass is 16.5. The first kappa shape index (κ1) is 17.4. The van der Waals surface area contributed by atoms with Crippen LogP contribution >= 0.6 is 0 Å². The summed E-state index contributed by atoms with van der Waals surface area (Å²) in [5.74, 6) is 0.0947. The number of nitrogens with zero attached hydrogens (tertiary/aromatic N) is 4. The Hall–Kier alpha value is -2.47. The molecule has 0 aromatic carbocycles. The van der Waals surface area contributed by atoms with Crippen molar-refractivity contribution < 1.29 is 9.53 Å². The van der Waals surface area contributed by atoms with E-state index in [2.05, 4.69) is 16.7 Å². The van der Waals surface area contributed by atoms with Crippen molar-refractivity contribution in [2.75, 3.05) is 13.2 Å². The molecular formula is C19H24N4O2. The molecule has 0 bridgehead atoms. The summed E-state index contributed by atoms with van der Waals surface area (Å²) in [5, 5.41) is 4.23. The number of carbonyl (C=O) groups is 1. The molecule has 0 aliphatic carbocycles. The predicted octanol–water partition coefficient (Wildman–Crippen LogP) is 1.77. The SMILES string of the molecule is C=CCO[C@H]1CCN(C(=O)Cc2ccccn2)[C@H]1Cc1cnn(C)c1. The Kier molecular flexibility index (Phi) is 5.60. The van der Waals surface area contributed by atoms with Gasteiger partial charge in [-0.15, -0.1) is 6.58 Å². The number of aromatic nitrogens is 3. The highest BCUT2D eigenvalue weighted by molar-refractivity contribution is 5.79. The maximum atomic E-state index is 12.8. The van der Waals surface area contributed by atoms with Crippen molar-refractivity contribution in [3.8, 4) is 0 Å². The third kappa shape index (κ3) is 4.33. The molecule has 0 N–H and O–H groups in total. The molecule has 0 spiro atoms. The summed E-state index contributed by atoms with van der Waals surface area (Å²) < 4.78 is 7.70. The van der Waals surface area contributed by atoms with E-state index < -0.39 is 0 Å². The standard InChI is InChI=1S/C19H24N4O2/c1-3-10-25-18-7-9-23(17(18)11-15-13-21-22(2)14-15)19(24)12-16-6-4-5-8-20-16/h3-6,8,13-14,17-18H,1,7,9-12H2,2H3/t17-,18-/m0/s1. The lowest BCUT2D eigenvalue weighted by Crippen LogP contribution is -2.42. The van der Waals surface area contributed by atoms with E-state index in [0.717, 1.165) is 24.1 Å². The van der Waals surface area contributed by atoms with E-state index in [1.807, 2.05) is 42.5 Å². The van der Waals surface area contributed by atoms with Crippen LogP contribution in [0.15, 0.2) is 49.4 Å². The van der Waals surface area contributed by atoms with Crippen LogP contribution in [0.2, 0.25) is 0 Å². The van der Waals surface area contributed by atoms with E-state index in [9.17, 15) is 4.79 Å². The summed E-state index contributed by atoms with van der Waals surface area (Å²) in [6.45, 7) is 4.92. The fraction of sp³-hybridized carbons (Fsp3) is 0.421. The molecule has 1 fully saturated rings. The minimum absolute atomic E-state index is 0.0142. The molecule has 0 radical (unpaired) electrons. The molecule has 3 heterocycles. The van der Waals surface area contributed by atoms with Gasteiger partial charge in [-0.3, -0.25) is 14.5 Å². The number of likely N-dealkylation sites (tertiary alicyclic amines) is 1. The monoisotopic (exact) mass is 340 g/mol. The molecule has 2 aromatic rings. The number of ether oxygens (including phenoxy) is 1. The van der Waals surface area contributed by atoms with Crippen LogP contribution in [0.3, 0.4) is 0 Å². The highest BCUT2D eigenvalue weighted by Gasteiger charge is 2.37. The van der Waals surface area contributed by atoms with E-state index in [1.165, 1.54) is 0 Å². The Labute approximate surface area is 148 Å². The fourth-order valence-electron chi connectivity index (χ4n) is 3.34. The van der Waals surface area contributed by atoms with E-state index in [-0.39, 0.29) is 18.1 Å². The van der Waals surface area contributed by atoms with E-state index >= 15 is 0 Å². The van der Waals surface area contributed by atoms with Gasteiger partial charge < -0.3 is 9.64 Å². The average molecular weight is 340 g/mol. The predicted molar refractivity (Wildman–Crippen MR) is 94.9 cm³/mol. The molecule has 1 saturated heterocycles. The Bertz CT molecular complexity index is 713. The van der Waals surface area contributed by atoms with E-state index in [1.54, 1.807) is 17.0 Å². The van der Waals surface area contributed by atoms with Crippen LogP contribution in [0.5, 0.6) is 0 Å². The van der Waals surface area contributed by atoms with Crippen molar-refractivity contribution in [2.45, 2.75) is 31.4 Å². The second-order valence-corrected chi connectivity index (χ2v) is 6.33. The van der Waals surface area contributed by atoms with Gasteiger partial charge in [-0.25, -0.2) is 0 Å². The lowest BCUT2D eigenvalue weighted by molar-refractivity contribution is -0.132. The van der Waals surface area contributed by atoms with Crippen molar-refractivity contribution in [3.05, 3.63) is 60.7 Å². The van der Waals surface area contributed by atoms with Gasteiger partial charge in [0, 0.05) is 31.7 Å². The van der Waals surface area contributed by atoms with Crippen LogP contribution in [-0.4, -0.2) is 50.9 Å². The number of hydrogen-bond donors (Lipinski definition) is 0. The molecule has 2 aromatic heterocycles. The quantitative estimate of drug-likeness (QED) is 0.721. The molecule has 0 unspecified atom stereocenters. The number of rotatable bonds is 7. The largest absolute Gasteiger partial charge is 0.372 e. The van der Waals surface area contributed by atoms with Gasteiger partial charge in [0.2, 0.25) is 5.91 Å². The van der Waals surface area contributed by atoms with E-state index in [0.29, 0.717) is 19.6 Å². The van der Waals surface area contributed by atoms with Gasteiger partial charge in [-0.2, -0.15) is 5.10 Å². The van der Waals surface area contributed by atoms with Gasteiger partial charge in [-0.05, 0) is 30.5 Å². The Morgan fingerprint density at radius 1 is 1.48 bits per heavy atom. The number of hydrogen-bond acceptors (Lipinski definition) is 4. The van der Waals surface area contributed by atoms with Crippen molar-refractivity contribution in [1.29, 1.82) is 0 Å². The zero-order valence-corrected chi connectivity index (χ0v) is 14.5. The van der Waals surface area contributed by atoms with Gasteiger partial charge in [0.05, 0.1) is 31.4 Å². The maximum absolute atomic E-state index is 12.8. The smallest absolute Gasteiger partial charge is 0.228 e. The second-order valence-electron chi connectivity index (χ2n) is 6.33. The van der Waals surface area contributed by atoms with Crippen LogP contribution in [0.25, 0.3) is 0 Å². The van der Waals surface area contributed by atoms with Gasteiger partial charge in [0.1, 0.15) is 0 Å². The van der Waals surface area contributed by atoms with Gasteiger partial charge in [0.15, 0.2) is 0 Å². The summed E-state index contributed by atoms with van der Waals surface area (Å²) in [6, 6.07) is 5.66. The molecule has 2 atom stereocenters. The highest BCUT2D eigenvalue weighted by Crippen LogP contribution is 2.25. The van der Waals surface area contributed by atoms with Crippen LogP contribution < -0.4 is 0 Å². The fourth-order valence-corrected chi connectivity index (χ4v) is 3.34. The van der Waals surface area contributed by atoms with Crippen molar-refractivity contribution in [3.63, 3.8) is 0 Å². The summed E-state index contributed by atoms with van der Waals surface area (Å²) in [6.07, 6.45) is 9.23. The molecule has 132 valence electrons. The summed E-state index contributed by atoms with van der Waals surface area (Å²) in [7, 11) is 1.90. The number of pyridine rings is 1. The normalized spacial score (nSPS) is 20.0. The first-order valence-electron chi connectivity index (χ1n) is 8.56. The minimum Gasteiger partial charge on any atom is -0.372 e. The first-order valence-corrected chi connectivity index (χ1v) is 8.56. The Morgan fingerprint density at radius 2 is 2.36 bits per heavy atom. The molecular weight excluding hydrogens is 316 g/mol. The first-order chi connectivity index (χ1) is 12.2. The van der Waals surface area contributed by atoms with Crippen LogP contribution in [0, 0.1) is 0 Å². The lowest BCUT2D eigenvalue weighted by atomic mass is 10.0. The van der Waals surface area contributed by atoms with Gasteiger partial charge >= 0.3 is 0 Å².